The fourth-order valence-electron chi connectivity index (χ4n) is 2.53. The van der Waals surface area contributed by atoms with E-state index in [1.165, 1.54) is 6.42 Å². The number of hydrogen-bond acceptors (Lipinski definition) is 4. The smallest absolute Gasteiger partial charge is 0.191 e. The van der Waals surface area contributed by atoms with Crippen molar-refractivity contribution in [2.24, 2.45) is 4.99 Å². The zero-order valence-electron chi connectivity index (χ0n) is 14.4. The minimum absolute atomic E-state index is 0. The van der Waals surface area contributed by atoms with Crippen molar-refractivity contribution in [1.82, 2.24) is 10.6 Å². The van der Waals surface area contributed by atoms with Crippen LogP contribution in [0.3, 0.4) is 0 Å². The Morgan fingerprint density at radius 1 is 1.46 bits per heavy atom. The molecule has 0 amide bonds. The number of guanidine groups is 1. The standard InChI is InChI=1S/C17H29N3O3.HI/c1-2-14(13-21)20-17(18-9-8-15-7-5-11-22-15)19-12-16-6-3-4-10-23-16;/h5,7,11,14,16,21H,2-4,6,8-10,12-13H2,1H3,(H2,18,19,20);1H/t14-,16?;/m1./s1. The first kappa shape index (κ1) is 21.2. The summed E-state index contributed by atoms with van der Waals surface area (Å²) < 4.78 is 11.1. The Hall–Kier alpha value is -0.800. The number of ether oxygens (including phenoxy) is 1. The first-order valence-electron chi connectivity index (χ1n) is 8.61. The molecule has 0 spiro atoms. The van der Waals surface area contributed by atoms with Crippen molar-refractivity contribution >= 4 is 29.9 Å². The van der Waals surface area contributed by atoms with Gasteiger partial charge >= 0.3 is 0 Å². The van der Waals surface area contributed by atoms with Gasteiger partial charge in [0.1, 0.15) is 5.76 Å². The van der Waals surface area contributed by atoms with Gasteiger partial charge in [-0.1, -0.05) is 6.92 Å². The molecule has 0 radical (unpaired) electrons. The molecule has 1 saturated heterocycles. The van der Waals surface area contributed by atoms with Gasteiger partial charge in [0, 0.05) is 19.6 Å². The molecule has 2 atom stereocenters. The first-order valence-corrected chi connectivity index (χ1v) is 8.61. The SMILES string of the molecule is CC[C@H](CO)NC(=NCC1CCCCO1)NCCc1ccco1.I. The molecule has 3 N–H and O–H groups in total. The molecule has 1 aromatic heterocycles. The molecule has 24 heavy (non-hydrogen) atoms. The van der Waals surface area contributed by atoms with Crippen molar-refractivity contribution < 1.29 is 14.3 Å². The number of halogens is 1. The van der Waals surface area contributed by atoms with Crippen molar-refractivity contribution in [3.63, 3.8) is 0 Å². The van der Waals surface area contributed by atoms with E-state index in [1.54, 1.807) is 6.26 Å². The van der Waals surface area contributed by atoms with Crippen LogP contribution in [0.2, 0.25) is 0 Å². The highest BCUT2D eigenvalue weighted by molar-refractivity contribution is 14.0. The van der Waals surface area contributed by atoms with Crippen LogP contribution >= 0.6 is 24.0 Å². The van der Waals surface area contributed by atoms with Gasteiger partial charge in [0.2, 0.25) is 0 Å². The fraction of sp³-hybridized carbons (Fsp3) is 0.706. The highest BCUT2D eigenvalue weighted by Crippen LogP contribution is 2.12. The third-order valence-corrected chi connectivity index (χ3v) is 4.03. The van der Waals surface area contributed by atoms with Crippen LogP contribution in [0.1, 0.15) is 38.4 Å². The highest BCUT2D eigenvalue weighted by atomic mass is 127. The summed E-state index contributed by atoms with van der Waals surface area (Å²) in [6.45, 7) is 4.35. The number of aliphatic hydroxyl groups excluding tert-OH is 1. The largest absolute Gasteiger partial charge is 0.469 e. The average Bonchev–Trinajstić information content (AvgIpc) is 3.11. The maximum absolute atomic E-state index is 9.38. The maximum Gasteiger partial charge on any atom is 0.191 e. The summed E-state index contributed by atoms with van der Waals surface area (Å²) in [5, 5.41) is 16.0. The summed E-state index contributed by atoms with van der Waals surface area (Å²) in [6, 6.07) is 3.86. The molecule has 0 aliphatic carbocycles. The lowest BCUT2D eigenvalue weighted by atomic mass is 10.1. The molecule has 0 saturated carbocycles. The topological polar surface area (TPSA) is 79.0 Å². The monoisotopic (exact) mass is 451 g/mol. The summed E-state index contributed by atoms with van der Waals surface area (Å²) in [5.74, 6) is 1.67. The van der Waals surface area contributed by atoms with E-state index in [1.807, 2.05) is 19.1 Å². The van der Waals surface area contributed by atoms with E-state index in [9.17, 15) is 5.11 Å². The number of furan rings is 1. The van der Waals surface area contributed by atoms with E-state index < -0.39 is 0 Å². The number of aliphatic hydroxyl groups is 1. The van der Waals surface area contributed by atoms with Gasteiger partial charge in [-0.15, -0.1) is 24.0 Å². The van der Waals surface area contributed by atoms with E-state index in [-0.39, 0.29) is 42.7 Å². The minimum atomic E-state index is 0. The van der Waals surface area contributed by atoms with E-state index in [4.69, 9.17) is 9.15 Å². The molecule has 1 aliphatic heterocycles. The van der Waals surface area contributed by atoms with Crippen LogP contribution in [0.4, 0.5) is 0 Å². The second-order valence-electron chi connectivity index (χ2n) is 5.87. The van der Waals surface area contributed by atoms with Gasteiger partial charge in [-0.05, 0) is 37.8 Å². The van der Waals surface area contributed by atoms with Crippen LogP contribution in [-0.4, -0.2) is 49.5 Å². The second kappa shape index (κ2) is 12.5. The van der Waals surface area contributed by atoms with E-state index in [2.05, 4.69) is 15.6 Å². The number of hydrogen-bond donors (Lipinski definition) is 3. The van der Waals surface area contributed by atoms with Gasteiger partial charge in [0.15, 0.2) is 5.96 Å². The molecule has 1 aliphatic rings. The van der Waals surface area contributed by atoms with Gasteiger partial charge in [0.25, 0.3) is 0 Å². The summed E-state index contributed by atoms with van der Waals surface area (Å²) >= 11 is 0. The quantitative estimate of drug-likeness (QED) is 0.321. The Balaban J connectivity index is 0.00000288. The van der Waals surface area contributed by atoms with Crippen LogP contribution in [0.15, 0.2) is 27.8 Å². The molecule has 2 heterocycles. The van der Waals surface area contributed by atoms with Crippen molar-refractivity contribution in [1.29, 1.82) is 0 Å². The summed E-state index contributed by atoms with van der Waals surface area (Å²) in [4.78, 5) is 4.63. The molecule has 2 rings (SSSR count). The number of nitrogens with zero attached hydrogens (tertiary/aromatic N) is 1. The van der Waals surface area contributed by atoms with Gasteiger partial charge in [-0.3, -0.25) is 4.99 Å². The molecule has 1 unspecified atom stereocenters. The van der Waals surface area contributed by atoms with Crippen LogP contribution < -0.4 is 10.6 Å². The Labute approximate surface area is 161 Å². The third-order valence-electron chi connectivity index (χ3n) is 4.03. The Morgan fingerprint density at radius 2 is 2.33 bits per heavy atom. The lowest BCUT2D eigenvalue weighted by molar-refractivity contribution is 0.0224. The van der Waals surface area contributed by atoms with Gasteiger partial charge in [-0.2, -0.15) is 0 Å². The van der Waals surface area contributed by atoms with Crippen molar-refractivity contribution in [3.05, 3.63) is 24.2 Å². The second-order valence-corrected chi connectivity index (χ2v) is 5.87. The predicted molar refractivity (Wildman–Crippen MR) is 106 cm³/mol. The van der Waals surface area contributed by atoms with Gasteiger partial charge in [-0.25, -0.2) is 0 Å². The first-order chi connectivity index (χ1) is 11.3. The Bertz CT molecular complexity index is 444. The third kappa shape index (κ3) is 7.85. The predicted octanol–water partition coefficient (Wildman–Crippen LogP) is 2.32. The molecule has 7 heteroatoms. The number of aliphatic imine (C=N–C) groups is 1. The summed E-state index contributed by atoms with van der Waals surface area (Å²) in [5.41, 5.74) is 0. The molecule has 0 aromatic carbocycles. The average molecular weight is 451 g/mol. The van der Waals surface area contributed by atoms with Gasteiger partial charge < -0.3 is 24.9 Å². The Morgan fingerprint density at radius 3 is 2.96 bits per heavy atom. The summed E-state index contributed by atoms with van der Waals surface area (Å²) in [7, 11) is 0. The fourth-order valence-corrected chi connectivity index (χ4v) is 2.53. The van der Waals surface area contributed by atoms with Crippen LogP contribution in [0, 0.1) is 0 Å². The Kier molecular flexibility index (Phi) is 11.1. The lowest BCUT2D eigenvalue weighted by Gasteiger charge is -2.22. The summed E-state index contributed by atoms with van der Waals surface area (Å²) in [6.07, 6.45) is 6.96. The molecule has 0 bridgehead atoms. The van der Waals surface area contributed by atoms with E-state index in [0.29, 0.717) is 6.54 Å². The maximum atomic E-state index is 9.38. The molecular weight excluding hydrogens is 421 g/mol. The van der Waals surface area contributed by atoms with Crippen molar-refractivity contribution in [2.75, 3.05) is 26.3 Å². The van der Waals surface area contributed by atoms with Gasteiger partial charge in [0.05, 0.1) is 31.6 Å². The van der Waals surface area contributed by atoms with Crippen molar-refractivity contribution in [3.8, 4) is 0 Å². The number of nitrogens with one attached hydrogen (secondary N) is 2. The number of rotatable bonds is 8. The molecular formula is C17H30IN3O3. The normalized spacial score (nSPS) is 19.4. The van der Waals surface area contributed by atoms with Crippen molar-refractivity contribution in [2.45, 2.75) is 51.2 Å². The highest BCUT2D eigenvalue weighted by Gasteiger charge is 2.14. The molecule has 138 valence electrons. The lowest BCUT2D eigenvalue weighted by Crippen LogP contribution is -2.45. The van der Waals surface area contributed by atoms with Crippen LogP contribution in [0.25, 0.3) is 0 Å². The minimum Gasteiger partial charge on any atom is -0.469 e. The molecule has 1 fully saturated rings. The van der Waals surface area contributed by atoms with E-state index >= 15 is 0 Å². The van der Waals surface area contributed by atoms with Crippen LogP contribution in [0.5, 0.6) is 0 Å². The zero-order chi connectivity index (χ0) is 16.3. The zero-order valence-corrected chi connectivity index (χ0v) is 16.7. The molecule has 6 nitrogen and oxygen atoms in total. The molecule has 1 aromatic rings. The van der Waals surface area contributed by atoms with E-state index in [0.717, 1.165) is 50.6 Å². The van der Waals surface area contributed by atoms with Crippen LogP contribution in [-0.2, 0) is 11.2 Å².